The fourth-order valence-corrected chi connectivity index (χ4v) is 4.82. The number of rotatable bonds is 6. The predicted octanol–water partition coefficient (Wildman–Crippen LogP) is 1.16. The highest BCUT2D eigenvalue weighted by atomic mass is 35.5. The summed E-state index contributed by atoms with van der Waals surface area (Å²) in [7, 11) is 0. The second-order valence-electron chi connectivity index (χ2n) is 8.69. The molecule has 0 radical (unpaired) electrons. The summed E-state index contributed by atoms with van der Waals surface area (Å²) in [6.07, 6.45) is -4.97. The van der Waals surface area contributed by atoms with E-state index in [1.54, 1.807) is 0 Å². The first-order valence-corrected chi connectivity index (χ1v) is 11.4. The fourth-order valence-electron chi connectivity index (χ4n) is 4.53. The van der Waals surface area contributed by atoms with Gasteiger partial charge in [-0.2, -0.15) is 0 Å². The topological polar surface area (TPSA) is 118 Å². The van der Waals surface area contributed by atoms with Crippen LogP contribution in [0.25, 0.3) is 0 Å². The van der Waals surface area contributed by atoms with Gasteiger partial charge in [-0.25, -0.2) is 0 Å². The molecule has 0 amide bonds. The molecule has 2 aromatic carbocycles. The highest BCUT2D eigenvalue weighted by Gasteiger charge is 2.45. The Kier molecular flexibility index (Phi) is 6.50. The number of hydrogen-bond donors (Lipinski definition) is 4. The second kappa shape index (κ2) is 9.38. The minimum Gasteiger partial charge on any atom is -0.491 e. The molecular weight excluding hydrogens is 452 g/mol. The third kappa shape index (κ3) is 4.33. The number of benzene rings is 2. The summed E-state index contributed by atoms with van der Waals surface area (Å²) >= 11 is 6.69. The Bertz CT molecular complexity index is 991. The zero-order valence-electron chi connectivity index (χ0n) is 17.9. The molecule has 3 aliphatic heterocycles. The molecule has 33 heavy (non-hydrogen) atoms. The standard InChI is InChI=1S/C24H27ClO8/c25-19-13(7-12-1-3-14(4-2-12)32-15-10-30-11-15)8-17(16-5-6-31-23(16)19)24-22(29)21(28)20(27)18(9-26)33-24/h1-4,8,15,18,20-22,24,26-29H,5-7,9-11H2/t18-,20-,21+,22-,24+/m1/s1. The highest BCUT2D eigenvalue weighted by molar-refractivity contribution is 6.33. The minimum atomic E-state index is -1.45. The summed E-state index contributed by atoms with van der Waals surface area (Å²) in [5.74, 6) is 1.32. The largest absolute Gasteiger partial charge is 0.491 e. The minimum absolute atomic E-state index is 0.0975. The maximum atomic E-state index is 10.7. The number of ether oxygens (including phenoxy) is 4. The molecular formula is C24H27ClO8. The molecule has 3 aliphatic rings. The van der Waals surface area contributed by atoms with Crippen LogP contribution in [0.15, 0.2) is 30.3 Å². The van der Waals surface area contributed by atoms with Crippen molar-refractivity contribution >= 4 is 11.6 Å². The molecule has 0 aromatic heterocycles. The summed E-state index contributed by atoms with van der Waals surface area (Å²) in [5.41, 5.74) is 3.24. The average Bonchev–Trinajstić information content (AvgIpc) is 3.29. The first kappa shape index (κ1) is 22.9. The molecule has 9 heteroatoms. The molecule has 0 saturated carbocycles. The lowest BCUT2D eigenvalue weighted by molar-refractivity contribution is -0.231. The van der Waals surface area contributed by atoms with Gasteiger partial charge >= 0.3 is 0 Å². The predicted molar refractivity (Wildman–Crippen MR) is 118 cm³/mol. The van der Waals surface area contributed by atoms with Crippen molar-refractivity contribution in [1.82, 2.24) is 0 Å². The molecule has 2 saturated heterocycles. The van der Waals surface area contributed by atoms with E-state index in [2.05, 4.69) is 0 Å². The molecule has 0 unspecified atom stereocenters. The van der Waals surface area contributed by atoms with Crippen molar-refractivity contribution in [2.24, 2.45) is 0 Å². The smallest absolute Gasteiger partial charge is 0.145 e. The van der Waals surface area contributed by atoms with E-state index < -0.39 is 37.1 Å². The van der Waals surface area contributed by atoms with E-state index >= 15 is 0 Å². The molecule has 4 N–H and O–H groups in total. The zero-order valence-corrected chi connectivity index (χ0v) is 18.6. The van der Waals surface area contributed by atoms with Crippen LogP contribution in [0.1, 0.15) is 28.4 Å². The van der Waals surface area contributed by atoms with Crippen molar-refractivity contribution in [3.05, 3.63) is 57.6 Å². The molecule has 0 bridgehead atoms. The molecule has 0 spiro atoms. The van der Waals surface area contributed by atoms with Crippen LogP contribution in [-0.4, -0.2) is 77.4 Å². The molecule has 5 atom stereocenters. The average molecular weight is 479 g/mol. The number of aliphatic hydroxyl groups excluding tert-OH is 4. The van der Waals surface area contributed by atoms with E-state index in [9.17, 15) is 20.4 Å². The van der Waals surface area contributed by atoms with E-state index in [0.29, 0.717) is 49.0 Å². The molecule has 178 valence electrons. The van der Waals surface area contributed by atoms with Crippen LogP contribution >= 0.6 is 11.6 Å². The number of fused-ring (bicyclic) bond motifs is 1. The van der Waals surface area contributed by atoms with Crippen molar-refractivity contribution in [3.8, 4) is 11.5 Å². The van der Waals surface area contributed by atoms with Gasteiger partial charge in [-0.15, -0.1) is 0 Å². The molecule has 0 aliphatic carbocycles. The van der Waals surface area contributed by atoms with Crippen LogP contribution in [-0.2, 0) is 22.3 Å². The summed E-state index contributed by atoms with van der Waals surface area (Å²) in [6.45, 7) is 1.17. The third-order valence-corrected chi connectivity index (χ3v) is 6.87. The van der Waals surface area contributed by atoms with Crippen molar-refractivity contribution in [2.75, 3.05) is 26.4 Å². The van der Waals surface area contributed by atoms with Gasteiger partial charge in [0, 0.05) is 12.0 Å². The summed E-state index contributed by atoms with van der Waals surface area (Å²) in [6, 6.07) is 9.60. The Labute approximate surface area is 196 Å². The van der Waals surface area contributed by atoms with E-state index in [0.717, 1.165) is 22.4 Å². The van der Waals surface area contributed by atoms with Gasteiger partial charge in [-0.3, -0.25) is 0 Å². The maximum Gasteiger partial charge on any atom is 0.145 e. The maximum absolute atomic E-state index is 10.7. The third-order valence-electron chi connectivity index (χ3n) is 6.46. The number of halogens is 1. The highest BCUT2D eigenvalue weighted by Crippen LogP contribution is 2.44. The van der Waals surface area contributed by atoms with Gasteiger partial charge in [0.05, 0.1) is 31.5 Å². The SMILES string of the molecule is OC[C@H]1O[C@@H](c2cc(Cc3ccc(OC4COC4)cc3)c(Cl)c3c2CCO3)[C@H](O)[C@@H](O)[C@@H]1O. The van der Waals surface area contributed by atoms with Gasteiger partial charge in [0.1, 0.15) is 48.1 Å². The Hall–Kier alpha value is -1.91. The van der Waals surface area contributed by atoms with Crippen LogP contribution < -0.4 is 9.47 Å². The molecule has 2 aromatic rings. The Morgan fingerprint density at radius 2 is 1.79 bits per heavy atom. The lowest BCUT2D eigenvalue weighted by Gasteiger charge is -2.40. The van der Waals surface area contributed by atoms with Crippen molar-refractivity contribution in [3.63, 3.8) is 0 Å². The van der Waals surface area contributed by atoms with Gasteiger partial charge in [0.15, 0.2) is 0 Å². The van der Waals surface area contributed by atoms with Crippen molar-refractivity contribution < 1.29 is 39.4 Å². The quantitative estimate of drug-likeness (QED) is 0.488. The monoisotopic (exact) mass is 478 g/mol. The van der Waals surface area contributed by atoms with Gasteiger partial charge < -0.3 is 39.4 Å². The number of aliphatic hydroxyl groups is 4. The van der Waals surface area contributed by atoms with Crippen LogP contribution in [0, 0.1) is 0 Å². The van der Waals surface area contributed by atoms with Gasteiger partial charge in [-0.05, 0) is 35.2 Å². The Balaban J connectivity index is 1.44. The lowest BCUT2D eigenvalue weighted by atomic mass is 9.87. The molecule has 2 fully saturated rings. The van der Waals surface area contributed by atoms with E-state index in [-0.39, 0.29) is 6.10 Å². The molecule has 5 rings (SSSR count). The molecule has 3 heterocycles. The normalized spacial score (nSPS) is 29.3. The van der Waals surface area contributed by atoms with Crippen LogP contribution in [0.3, 0.4) is 0 Å². The lowest BCUT2D eigenvalue weighted by Crippen LogP contribution is -2.55. The first-order chi connectivity index (χ1) is 16.0. The van der Waals surface area contributed by atoms with E-state index in [1.807, 2.05) is 30.3 Å². The summed E-state index contributed by atoms with van der Waals surface area (Å²) in [4.78, 5) is 0. The summed E-state index contributed by atoms with van der Waals surface area (Å²) in [5, 5.41) is 41.2. The first-order valence-electron chi connectivity index (χ1n) is 11.1. The van der Waals surface area contributed by atoms with Crippen molar-refractivity contribution in [1.29, 1.82) is 0 Å². The summed E-state index contributed by atoms with van der Waals surface area (Å²) < 4.78 is 22.6. The van der Waals surface area contributed by atoms with Gasteiger partial charge in [0.25, 0.3) is 0 Å². The Morgan fingerprint density at radius 3 is 2.45 bits per heavy atom. The number of hydrogen-bond acceptors (Lipinski definition) is 8. The van der Waals surface area contributed by atoms with Crippen LogP contribution in [0.2, 0.25) is 5.02 Å². The van der Waals surface area contributed by atoms with Gasteiger partial charge in [0.2, 0.25) is 0 Å². The van der Waals surface area contributed by atoms with Crippen LogP contribution in [0.5, 0.6) is 11.5 Å². The zero-order chi connectivity index (χ0) is 23.1. The fraction of sp³-hybridized carbons (Fsp3) is 0.500. The second-order valence-corrected chi connectivity index (χ2v) is 9.07. The van der Waals surface area contributed by atoms with Crippen LogP contribution in [0.4, 0.5) is 0 Å². The molecule has 8 nitrogen and oxygen atoms in total. The van der Waals surface area contributed by atoms with E-state index in [1.165, 1.54) is 0 Å². The Morgan fingerprint density at radius 1 is 1.03 bits per heavy atom. The van der Waals surface area contributed by atoms with Gasteiger partial charge in [-0.1, -0.05) is 29.8 Å². The van der Waals surface area contributed by atoms with E-state index in [4.69, 9.17) is 30.5 Å². The van der Waals surface area contributed by atoms with Crippen molar-refractivity contribution in [2.45, 2.75) is 49.5 Å².